The summed E-state index contributed by atoms with van der Waals surface area (Å²) in [7, 11) is 0. The van der Waals surface area contributed by atoms with Crippen LogP contribution in [-0.4, -0.2) is 45.9 Å². The number of nitrogens with one attached hydrogen (secondary N) is 2. The molecule has 1 unspecified atom stereocenters. The summed E-state index contributed by atoms with van der Waals surface area (Å²) in [6.45, 7) is 2.09. The predicted octanol–water partition coefficient (Wildman–Crippen LogP) is 0.187. The van der Waals surface area contributed by atoms with Crippen molar-refractivity contribution >= 4 is 17.3 Å². The van der Waals surface area contributed by atoms with Crippen LogP contribution >= 0.6 is 0 Å². The molecule has 1 atom stereocenters. The van der Waals surface area contributed by atoms with Crippen molar-refractivity contribution < 1.29 is 15.1 Å². The van der Waals surface area contributed by atoms with Crippen LogP contribution in [-0.2, 0) is 0 Å². The zero-order valence-electron chi connectivity index (χ0n) is 9.96. The van der Waals surface area contributed by atoms with E-state index < -0.39 is 17.6 Å². The fraction of sp³-hybridized carbons (Fsp3) is 0.500. The van der Waals surface area contributed by atoms with Gasteiger partial charge in [0.25, 0.3) is 0 Å². The molecule has 0 aliphatic carbocycles. The van der Waals surface area contributed by atoms with Gasteiger partial charge in [-0.25, -0.2) is 4.98 Å². The van der Waals surface area contributed by atoms with Crippen LogP contribution in [0, 0.1) is 10.1 Å². The fourth-order valence-corrected chi connectivity index (χ4v) is 1.29. The molecule has 0 amide bonds. The van der Waals surface area contributed by atoms with Crippen LogP contribution in [0.3, 0.4) is 0 Å². The summed E-state index contributed by atoms with van der Waals surface area (Å²) in [6, 6.07) is 2.84. The standard InChI is InChI=1S/C10H16N4O4/c1-2-11-9-4-3-8(14(17)18)10(13-9)12-5-7(16)6-15/h3-4,7,15-16H,2,5-6H2,1H3,(H2,11,12,13). The quantitative estimate of drug-likeness (QED) is 0.406. The molecule has 0 fully saturated rings. The smallest absolute Gasteiger partial charge is 0.311 e. The summed E-state index contributed by atoms with van der Waals surface area (Å²) < 4.78 is 0. The van der Waals surface area contributed by atoms with Gasteiger partial charge < -0.3 is 20.8 Å². The van der Waals surface area contributed by atoms with Gasteiger partial charge in [-0.05, 0) is 13.0 Å². The minimum absolute atomic E-state index is 0.0140. The van der Waals surface area contributed by atoms with E-state index in [0.717, 1.165) is 0 Å². The van der Waals surface area contributed by atoms with Crippen molar-refractivity contribution in [1.29, 1.82) is 0 Å². The van der Waals surface area contributed by atoms with Crippen LogP contribution in [0.2, 0.25) is 0 Å². The van der Waals surface area contributed by atoms with Crippen LogP contribution in [0.15, 0.2) is 12.1 Å². The van der Waals surface area contributed by atoms with Crippen LogP contribution in [0.4, 0.5) is 17.3 Å². The van der Waals surface area contributed by atoms with Gasteiger partial charge in [0.1, 0.15) is 5.82 Å². The molecule has 1 heterocycles. The monoisotopic (exact) mass is 256 g/mol. The first kappa shape index (κ1) is 14.1. The summed E-state index contributed by atoms with van der Waals surface area (Å²) >= 11 is 0. The molecular weight excluding hydrogens is 240 g/mol. The number of aliphatic hydroxyl groups is 2. The van der Waals surface area contributed by atoms with E-state index in [-0.39, 0.29) is 18.1 Å². The van der Waals surface area contributed by atoms with E-state index in [1.165, 1.54) is 12.1 Å². The highest BCUT2D eigenvalue weighted by atomic mass is 16.6. The highest BCUT2D eigenvalue weighted by Crippen LogP contribution is 2.23. The van der Waals surface area contributed by atoms with Crippen molar-refractivity contribution in [3.8, 4) is 0 Å². The number of hydrogen-bond acceptors (Lipinski definition) is 7. The first-order valence-electron chi connectivity index (χ1n) is 5.50. The molecule has 0 bridgehead atoms. The molecule has 0 spiro atoms. The summed E-state index contributed by atoms with van der Waals surface area (Å²) in [4.78, 5) is 14.3. The Hall–Kier alpha value is -1.93. The van der Waals surface area contributed by atoms with Crippen molar-refractivity contribution in [3.63, 3.8) is 0 Å². The number of rotatable bonds is 7. The predicted molar refractivity (Wildman–Crippen MR) is 66.6 cm³/mol. The van der Waals surface area contributed by atoms with Gasteiger partial charge in [0.05, 0.1) is 17.6 Å². The number of hydrogen-bond donors (Lipinski definition) is 4. The minimum Gasteiger partial charge on any atom is -0.394 e. The molecule has 4 N–H and O–H groups in total. The van der Waals surface area contributed by atoms with Gasteiger partial charge in [0, 0.05) is 19.2 Å². The van der Waals surface area contributed by atoms with Gasteiger partial charge >= 0.3 is 5.69 Å². The number of aliphatic hydroxyl groups excluding tert-OH is 2. The lowest BCUT2D eigenvalue weighted by Gasteiger charge is -2.11. The van der Waals surface area contributed by atoms with E-state index in [0.29, 0.717) is 12.4 Å². The highest BCUT2D eigenvalue weighted by Gasteiger charge is 2.16. The number of anilines is 2. The largest absolute Gasteiger partial charge is 0.394 e. The first-order valence-corrected chi connectivity index (χ1v) is 5.50. The maximum absolute atomic E-state index is 10.8. The van der Waals surface area contributed by atoms with Crippen LogP contribution < -0.4 is 10.6 Å². The van der Waals surface area contributed by atoms with Gasteiger partial charge in [0.15, 0.2) is 0 Å². The van der Waals surface area contributed by atoms with Crippen molar-refractivity contribution in [2.75, 3.05) is 30.3 Å². The van der Waals surface area contributed by atoms with Gasteiger partial charge in [-0.1, -0.05) is 0 Å². The number of aromatic nitrogens is 1. The molecule has 1 aromatic rings. The summed E-state index contributed by atoms with van der Waals surface area (Å²) in [5.41, 5.74) is -0.179. The number of pyridine rings is 1. The molecule has 0 saturated heterocycles. The van der Waals surface area contributed by atoms with E-state index >= 15 is 0 Å². The van der Waals surface area contributed by atoms with Crippen LogP contribution in [0.1, 0.15) is 6.92 Å². The highest BCUT2D eigenvalue weighted by molar-refractivity contribution is 5.60. The third kappa shape index (κ3) is 3.82. The van der Waals surface area contributed by atoms with E-state index in [4.69, 9.17) is 5.11 Å². The normalized spacial score (nSPS) is 11.9. The second kappa shape index (κ2) is 6.72. The molecule has 8 heteroatoms. The fourth-order valence-electron chi connectivity index (χ4n) is 1.29. The van der Waals surface area contributed by atoms with Crippen LogP contribution in [0.25, 0.3) is 0 Å². The molecule has 8 nitrogen and oxygen atoms in total. The van der Waals surface area contributed by atoms with Crippen LogP contribution in [0.5, 0.6) is 0 Å². The summed E-state index contributed by atoms with van der Waals surface area (Å²) in [5, 5.41) is 34.2. The van der Waals surface area contributed by atoms with E-state index in [1.54, 1.807) is 0 Å². The molecular formula is C10H16N4O4. The zero-order chi connectivity index (χ0) is 13.5. The van der Waals surface area contributed by atoms with Crippen molar-refractivity contribution in [1.82, 2.24) is 4.98 Å². The Labute approximate surface area is 104 Å². The topological polar surface area (TPSA) is 121 Å². The summed E-state index contributed by atoms with van der Waals surface area (Å²) in [5.74, 6) is 0.565. The molecule has 0 aliphatic heterocycles. The van der Waals surface area contributed by atoms with Crippen molar-refractivity contribution in [2.45, 2.75) is 13.0 Å². The Morgan fingerprint density at radius 3 is 2.78 bits per heavy atom. The Bertz CT molecular complexity index is 413. The number of nitro groups is 1. The van der Waals surface area contributed by atoms with Gasteiger partial charge in [-0.15, -0.1) is 0 Å². The Kier molecular flexibility index (Phi) is 5.28. The SMILES string of the molecule is CCNc1ccc([N+](=O)[O-])c(NCC(O)CO)n1. The molecule has 1 rings (SSSR count). The van der Waals surface area contributed by atoms with Gasteiger partial charge in [0.2, 0.25) is 5.82 Å². The third-order valence-electron chi connectivity index (χ3n) is 2.14. The molecule has 0 radical (unpaired) electrons. The van der Waals surface area contributed by atoms with Gasteiger partial charge in [-0.3, -0.25) is 10.1 Å². The second-order valence-corrected chi connectivity index (χ2v) is 3.57. The molecule has 100 valence electrons. The van der Waals surface area contributed by atoms with Gasteiger partial charge in [-0.2, -0.15) is 0 Å². The van der Waals surface area contributed by atoms with E-state index in [2.05, 4.69) is 15.6 Å². The molecule has 0 aliphatic rings. The lowest BCUT2D eigenvalue weighted by molar-refractivity contribution is -0.384. The Balaban J connectivity index is 2.89. The Morgan fingerprint density at radius 1 is 1.50 bits per heavy atom. The van der Waals surface area contributed by atoms with E-state index in [1.807, 2.05) is 6.92 Å². The maximum atomic E-state index is 10.8. The molecule has 0 aromatic carbocycles. The minimum atomic E-state index is -0.991. The first-order chi connectivity index (χ1) is 8.58. The zero-order valence-corrected chi connectivity index (χ0v) is 9.96. The third-order valence-corrected chi connectivity index (χ3v) is 2.14. The van der Waals surface area contributed by atoms with Crippen molar-refractivity contribution in [2.24, 2.45) is 0 Å². The lowest BCUT2D eigenvalue weighted by atomic mass is 10.3. The molecule has 0 saturated carbocycles. The maximum Gasteiger partial charge on any atom is 0.311 e. The number of nitrogens with zero attached hydrogens (tertiary/aromatic N) is 2. The van der Waals surface area contributed by atoms with Crippen molar-refractivity contribution in [3.05, 3.63) is 22.2 Å². The van der Waals surface area contributed by atoms with E-state index in [9.17, 15) is 15.2 Å². The molecule has 1 aromatic heterocycles. The average molecular weight is 256 g/mol. The summed E-state index contributed by atoms with van der Waals surface area (Å²) in [6.07, 6.45) is -0.991. The molecule has 18 heavy (non-hydrogen) atoms. The average Bonchev–Trinajstić information content (AvgIpc) is 2.36. The second-order valence-electron chi connectivity index (χ2n) is 3.57. The lowest BCUT2D eigenvalue weighted by Crippen LogP contribution is -2.23. The Morgan fingerprint density at radius 2 is 2.22 bits per heavy atom.